The maximum absolute atomic E-state index is 11.6. The van der Waals surface area contributed by atoms with Crippen LogP contribution in [-0.2, 0) is 11.3 Å². The van der Waals surface area contributed by atoms with E-state index in [9.17, 15) is 9.59 Å². The van der Waals surface area contributed by atoms with Crippen LogP contribution in [0, 0.1) is 0 Å². The van der Waals surface area contributed by atoms with Crippen LogP contribution in [0.1, 0.15) is 16.1 Å². The maximum atomic E-state index is 11.6. The first-order valence-corrected chi connectivity index (χ1v) is 6.63. The van der Waals surface area contributed by atoms with Gasteiger partial charge < -0.3 is 15.1 Å². The van der Waals surface area contributed by atoms with Gasteiger partial charge in [-0.15, -0.1) is 0 Å². The number of pyridine rings is 1. The van der Waals surface area contributed by atoms with Gasteiger partial charge in [0.2, 0.25) is 5.91 Å². The second-order valence-electron chi connectivity index (χ2n) is 3.92. The second-order valence-corrected chi connectivity index (χ2v) is 4.71. The van der Waals surface area contributed by atoms with Crippen LogP contribution in [0.5, 0.6) is 0 Å². The molecule has 0 bridgehead atoms. The highest BCUT2D eigenvalue weighted by Crippen LogP contribution is 2.13. The number of hydrogen-bond acceptors (Lipinski definition) is 4. The quantitative estimate of drug-likeness (QED) is 0.865. The minimum absolute atomic E-state index is 0.114. The summed E-state index contributed by atoms with van der Waals surface area (Å²) in [6, 6.07) is 6.77. The molecule has 0 fully saturated rings. The first-order chi connectivity index (χ1) is 9.65. The van der Waals surface area contributed by atoms with Crippen molar-refractivity contribution in [3.63, 3.8) is 0 Å². The minimum Gasteiger partial charge on any atom is -0.444 e. The van der Waals surface area contributed by atoms with Gasteiger partial charge in [-0.2, -0.15) is 0 Å². The third kappa shape index (κ3) is 4.20. The van der Waals surface area contributed by atoms with Gasteiger partial charge in [-0.25, -0.2) is 0 Å². The standard InChI is InChI=1S/C13H12BrN3O3/c14-11-4-3-10(20-11)13(19)17-8-12(18)16-7-9-2-1-5-15-6-9/h1-6H,7-8H2,(H,16,18)(H,17,19). The van der Waals surface area contributed by atoms with E-state index in [0.717, 1.165) is 5.56 Å². The Kier molecular flexibility index (Phi) is 4.89. The van der Waals surface area contributed by atoms with Gasteiger partial charge in [0.1, 0.15) is 0 Å². The van der Waals surface area contributed by atoms with Crippen molar-refractivity contribution in [1.29, 1.82) is 0 Å². The fourth-order valence-electron chi connectivity index (χ4n) is 1.45. The zero-order valence-corrected chi connectivity index (χ0v) is 12.0. The van der Waals surface area contributed by atoms with Crippen molar-refractivity contribution < 1.29 is 14.0 Å². The number of nitrogens with one attached hydrogen (secondary N) is 2. The van der Waals surface area contributed by atoms with Crippen LogP contribution in [0.2, 0.25) is 0 Å². The van der Waals surface area contributed by atoms with E-state index < -0.39 is 5.91 Å². The van der Waals surface area contributed by atoms with Crippen LogP contribution in [0.3, 0.4) is 0 Å². The molecule has 6 nitrogen and oxygen atoms in total. The van der Waals surface area contributed by atoms with E-state index in [2.05, 4.69) is 31.5 Å². The monoisotopic (exact) mass is 337 g/mol. The molecular formula is C13H12BrN3O3. The Hall–Kier alpha value is -2.15. The number of hydrogen-bond donors (Lipinski definition) is 2. The third-order valence-electron chi connectivity index (χ3n) is 2.42. The van der Waals surface area contributed by atoms with Gasteiger partial charge in [-0.1, -0.05) is 6.07 Å². The van der Waals surface area contributed by atoms with Gasteiger partial charge in [-0.05, 0) is 39.7 Å². The van der Waals surface area contributed by atoms with Gasteiger partial charge in [0.25, 0.3) is 5.91 Å². The molecule has 2 aromatic heterocycles. The lowest BCUT2D eigenvalue weighted by Crippen LogP contribution is -2.36. The molecule has 104 valence electrons. The molecule has 0 aromatic carbocycles. The van der Waals surface area contributed by atoms with Crippen molar-refractivity contribution in [1.82, 2.24) is 15.6 Å². The highest BCUT2D eigenvalue weighted by Gasteiger charge is 2.11. The first-order valence-electron chi connectivity index (χ1n) is 5.84. The Bertz CT molecular complexity index is 598. The van der Waals surface area contributed by atoms with Gasteiger partial charge in [0, 0.05) is 18.9 Å². The van der Waals surface area contributed by atoms with E-state index in [0.29, 0.717) is 11.2 Å². The smallest absolute Gasteiger partial charge is 0.287 e. The third-order valence-corrected chi connectivity index (χ3v) is 2.85. The molecule has 2 amide bonds. The van der Waals surface area contributed by atoms with Crippen LogP contribution >= 0.6 is 15.9 Å². The molecule has 7 heteroatoms. The molecule has 2 aromatic rings. The summed E-state index contributed by atoms with van der Waals surface area (Å²) in [5, 5.41) is 5.14. The summed E-state index contributed by atoms with van der Waals surface area (Å²) in [7, 11) is 0. The summed E-state index contributed by atoms with van der Waals surface area (Å²) in [5.74, 6) is -0.572. The highest BCUT2D eigenvalue weighted by atomic mass is 79.9. The van der Waals surface area contributed by atoms with E-state index in [1.165, 1.54) is 6.07 Å². The summed E-state index contributed by atoms with van der Waals surface area (Å²) >= 11 is 3.10. The van der Waals surface area contributed by atoms with Crippen molar-refractivity contribution in [3.8, 4) is 0 Å². The lowest BCUT2D eigenvalue weighted by molar-refractivity contribution is -0.120. The summed E-state index contributed by atoms with van der Waals surface area (Å²) < 4.78 is 5.53. The average Bonchev–Trinajstić information content (AvgIpc) is 2.90. The van der Waals surface area contributed by atoms with Crippen molar-refractivity contribution in [2.24, 2.45) is 0 Å². The molecule has 0 atom stereocenters. The zero-order valence-electron chi connectivity index (χ0n) is 10.4. The number of carbonyl (C=O) groups excluding carboxylic acids is 2. The first kappa shape index (κ1) is 14.3. The van der Waals surface area contributed by atoms with E-state index in [-0.39, 0.29) is 18.2 Å². The molecule has 0 saturated carbocycles. The SMILES string of the molecule is O=C(CNC(=O)c1ccc(Br)o1)NCc1cccnc1. The molecule has 20 heavy (non-hydrogen) atoms. The van der Waals surface area contributed by atoms with Crippen LogP contribution in [0.15, 0.2) is 45.7 Å². The van der Waals surface area contributed by atoms with E-state index >= 15 is 0 Å². The Morgan fingerprint density at radius 1 is 1.25 bits per heavy atom. The van der Waals surface area contributed by atoms with Gasteiger partial charge in [0.15, 0.2) is 10.4 Å². The average molecular weight is 338 g/mol. The van der Waals surface area contributed by atoms with Crippen molar-refractivity contribution >= 4 is 27.7 Å². The Morgan fingerprint density at radius 3 is 2.75 bits per heavy atom. The van der Waals surface area contributed by atoms with Gasteiger partial charge >= 0.3 is 0 Å². The molecule has 0 saturated heterocycles. The Labute approximate surface area is 123 Å². The predicted molar refractivity (Wildman–Crippen MR) is 74.8 cm³/mol. The van der Waals surface area contributed by atoms with E-state index in [4.69, 9.17) is 4.42 Å². The summed E-state index contributed by atoms with van der Waals surface area (Å²) in [6.45, 7) is 0.256. The number of furan rings is 1. The molecule has 0 aliphatic rings. The largest absolute Gasteiger partial charge is 0.444 e. The molecule has 0 radical (unpaired) electrons. The zero-order chi connectivity index (χ0) is 14.4. The summed E-state index contributed by atoms with van der Waals surface area (Å²) in [5.41, 5.74) is 0.891. The summed E-state index contributed by atoms with van der Waals surface area (Å²) in [6.07, 6.45) is 3.33. The Balaban J connectivity index is 1.74. The number of nitrogens with zero attached hydrogens (tertiary/aromatic N) is 1. The Morgan fingerprint density at radius 2 is 2.10 bits per heavy atom. The predicted octanol–water partition coefficient (Wildman–Crippen LogP) is 1.48. The normalized spacial score (nSPS) is 10.1. The van der Waals surface area contributed by atoms with Crippen LogP contribution in [0.25, 0.3) is 0 Å². The number of aromatic nitrogens is 1. The molecule has 0 aliphatic heterocycles. The molecule has 2 heterocycles. The van der Waals surface area contributed by atoms with E-state index in [1.54, 1.807) is 24.5 Å². The summed E-state index contributed by atoms with van der Waals surface area (Å²) in [4.78, 5) is 27.1. The molecule has 0 aliphatic carbocycles. The van der Waals surface area contributed by atoms with Crippen LogP contribution in [-0.4, -0.2) is 23.3 Å². The molecule has 0 spiro atoms. The lowest BCUT2D eigenvalue weighted by Gasteiger charge is -2.05. The van der Waals surface area contributed by atoms with Gasteiger partial charge in [-0.3, -0.25) is 14.6 Å². The number of amides is 2. The molecule has 2 N–H and O–H groups in total. The van der Waals surface area contributed by atoms with Crippen LogP contribution in [0.4, 0.5) is 0 Å². The minimum atomic E-state index is -0.438. The molecular weight excluding hydrogens is 326 g/mol. The van der Waals surface area contributed by atoms with Crippen LogP contribution < -0.4 is 10.6 Å². The van der Waals surface area contributed by atoms with Crippen molar-refractivity contribution in [2.45, 2.75) is 6.54 Å². The fourth-order valence-corrected chi connectivity index (χ4v) is 1.76. The second kappa shape index (κ2) is 6.85. The highest BCUT2D eigenvalue weighted by molar-refractivity contribution is 9.10. The topological polar surface area (TPSA) is 84.2 Å². The fraction of sp³-hybridized carbons (Fsp3) is 0.154. The van der Waals surface area contributed by atoms with E-state index in [1.807, 2.05) is 6.07 Å². The lowest BCUT2D eigenvalue weighted by atomic mass is 10.3. The maximum Gasteiger partial charge on any atom is 0.287 e. The molecule has 0 unspecified atom stereocenters. The molecule has 2 rings (SSSR count). The number of halogens is 1. The number of carbonyl (C=O) groups is 2. The van der Waals surface area contributed by atoms with Crippen molar-refractivity contribution in [2.75, 3.05) is 6.54 Å². The number of rotatable bonds is 5. The van der Waals surface area contributed by atoms with Crippen molar-refractivity contribution in [3.05, 3.63) is 52.7 Å². The van der Waals surface area contributed by atoms with Gasteiger partial charge in [0.05, 0.1) is 6.54 Å².